The molecule has 0 unspecified atom stereocenters. The maximum atomic E-state index is 14.5. The number of amides is 1. The lowest BCUT2D eigenvalue weighted by atomic mass is 9.97. The minimum atomic E-state index is -2.12. The number of nitrogens with zero attached hydrogens (tertiary/aromatic N) is 1. The molecule has 11 heteroatoms. The molecule has 69 heavy (non-hydrogen) atoms. The molecule has 0 saturated carbocycles. The van der Waals surface area contributed by atoms with Gasteiger partial charge in [0.05, 0.1) is 13.2 Å². The van der Waals surface area contributed by atoms with Crippen LogP contribution in [0.15, 0.2) is 140 Å². The van der Waals surface area contributed by atoms with Gasteiger partial charge in [-0.2, -0.15) is 0 Å². The second kappa shape index (κ2) is 28.2. The van der Waals surface area contributed by atoms with Crippen LogP contribution < -0.4 is 19.2 Å². The van der Waals surface area contributed by atoms with Crippen LogP contribution in [0.25, 0.3) is 20.5 Å². The van der Waals surface area contributed by atoms with Crippen LogP contribution in [-0.4, -0.2) is 76.4 Å². The second-order valence-corrected chi connectivity index (χ2v) is 24.4. The largest absolute Gasteiger partial charge is 0.543 e. The zero-order valence-corrected chi connectivity index (χ0v) is 43.8. The molecular weight excluding hydrogens is 897 g/mol. The van der Waals surface area contributed by atoms with Crippen LogP contribution in [-0.2, 0) is 14.3 Å². The molecule has 0 aliphatic carbocycles. The number of nitrogens with one attached hydrogen (secondary N) is 1. The zero-order valence-electron chi connectivity index (χ0n) is 42.0. The fourth-order valence-electron chi connectivity index (χ4n) is 7.09. The van der Waals surface area contributed by atoms with Crippen molar-refractivity contribution in [3.05, 3.63) is 151 Å². The molecule has 1 saturated heterocycles. The average Bonchev–Trinajstić information content (AvgIpc) is 3.71. The quantitative estimate of drug-likeness (QED) is 0.0218. The number of esters is 1. The third-order valence-corrected chi connectivity index (χ3v) is 17.7. The van der Waals surface area contributed by atoms with Crippen molar-refractivity contribution < 1.29 is 33.0 Å². The van der Waals surface area contributed by atoms with Crippen molar-refractivity contribution in [2.45, 2.75) is 110 Å². The number of allylic oxidation sites excluding steroid dienone is 12. The molecule has 1 aromatic heterocycles. The van der Waals surface area contributed by atoms with E-state index in [1.54, 1.807) is 19.1 Å². The number of carbonyl (C=O) groups excluding carboxylic acids is 3. The molecule has 0 radical (unpaired) electrons. The summed E-state index contributed by atoms with van der Waals surface area (Å²) in [5, 5.41) is 3.63. The third kappa shape index (κ3) is 18.0. The Labute approximate surface area is 416 Å². The number of benzene rings is 3. The van der Waals surface area contributed by atoms with Gasteiger partial charge in [0.1, 0.15) is 29.9 Å². The Bertz CT molecular complexity index is 2430. The molecule has 1 fully saturated rings. The number of carbonyl (C=O) groups is 3. The lowest BCUT2D eigenvalue weighted by Gasteiger charge is -2.36. The maximum absolute atomic E-state index is 14.5. The molecule has 3 aromatic carbocycles. The molecule has 1 N–H and O–H groups in total. The van der Waals surface area contributed by atoms with Gasteiger partial charge in [0, 0.05) is 52.1 Å². The van der Waals surface area contributed by atoms with Gasteiger partial charge in [0.2, 0.25) is 14.2 Å². The molecular formula is C58H74N2O7SSi. The molecule has 9 nitrogen and oxygen atoms in total. The fourth-order valence-corrected chi connectivity index (χ4v) is 9.34. The molecule has 1 amide bonds. The van der Waals surface area contributed by atoms with Crippen LogP contribution in [0.5, 0.6) is 17.2 Å². The summed E-state index contributed by atoms with van der Waals surface area (Å²) in [5.74, 6) is 0.950. The summed E-state index contributed by atoms with van der Waals surface area (Å²) in [6, 6.07) is 19.7. The Hall–Kier alpha value is -5.59. The molecule has 0 spiro atoms. The first-order valence-corrected chi connectivity index (χ1v) is 28.3. The van der Waals surface area contributed by atoms with E-state index in [1.165, 1.54) is 11.3 Å². The van der Waals surface area contributed by atoms with Gasteiger partial charge in [-0.25, -0.2) is 4.79 Å². The second-order valence-electron chi connectivity index (χ2n) is 18.7. The SMILES string of the molecule is CC/C=C\C/C=C\C/C=C\C/C=C\C/C=C\C/C=C\CCC(=O)N[C@@H](C)C(=O)Oc1ccc(-c2sc3cc(O[Si](C)(C)C(C)(C)C)ccc3c2C(=O)c2ccc(OCCN3CCOCC3)cc2)cc1. The summed E-state index contributed by atoms with van der Waals surface area (Å²) < 4.78 is 24.8. The standard InChI is InChI=1S/C58H74N2O7SSi/c1-8-9-10-11-12-13-14-15-16-17-18-19-20-21-22-23-24-25-26-27-53(61)59-45(2)57(63)66-49-34-30-47(31-35-49)56-54(51-37-36-50(44-52(51)68-56)67-69(6,7)58(3,4)5)55(62)46-28-32-48(33-29-46)65-43-40-60-38-41-64-42-39-60/h9-10,12-13,15-16,18-19,21-22,24-25,28-37,44-45H,8,11,14,17,20,23,26-27,38-43H2,1-7H3,(H,59,61)/b10-9-,13-12-,16-15-,19-18-,22-21-,25-24-/t45-/m0/s1. The Morgan fingerprint density at radius 3 is 1.88 bits per heavy atom. The van der Waals surface area contributed by atoms with Crippen LogP contribution in [0.4, 0.5) is 0 Å². The van der Waals surface area contributed by atoms with Gasteiger partial charge < -0.3 is 24.0 Å². The average molecular weight is 971 g/mol. The van der Waals surface area contributed by atoms with E-state index < -0.39 is 20.3 Å². The smallest absolute Gasteiger partial charge is 0.333 e. The van der Waals surface area contributed by atoms with Crippen molar-refractivity contribution in [2.75, 3.05) is 39.5 Å². The van der Waals surface area contributed by atoms with Crippen molar-refractivity contribution in [1.82, 2.24) is 10.2 Å². The van der Waals surface area contributed by atoms with Gasteiger partial charge >= 0.3 is 5.97 Å². The van der Waals surface area contributed by atoms with Crippen LogP contribution in [0.3, 0.4) is 0 Å². The first-order chi connectivity index (χ1) is 33.3. The summed E-state index contributed by atoms with van der Waals surface area (Å²) in [6.45, 7) is 19.5. The Morgan fingerprint density at radius 1 is 0.754 bits per heavy atom. The number of ketones is 1. The molecule has 4 aromatic rings. The minimum Gasteiger partial charge on any atom is -0.543 e. The van der Waals surface area contributed by atoms with E-state index in [2.05, 4.69) is 112 Å². The predicted octanol–water partition coefficient (Wildman–Crippen LogP) is 13.8. The van der Waals surface area contributed by atoms with Gasteiger partial charge in [-0.3, -0.25) is 14.5 Å². The van der Waals surface area contributed by atoms with E-state index >= 15 is 0 Å². The third-order valence-electron chi connectivity index (χ3n) is 12.2. The van der Waals surface area contributed by atoms with Crippen LogP contribution in [0.1, 0.15) is 102 Å². The first kappa shape index (κ1) is 54.3. The van der Waals surface area contributed by atoms with Gasteiger partial charge in [-0.05, 0) is 142 Å². The highest BCUT2D eigenvalue weighted by Gasteiger charge is 2.39. The molecule has 368 valence electrons. The van der Waals surface area contributed by atoms with Crippen molar-refractivity contribution in [3.8, 4) is 27.7 Å². The number of ether oxygens (including phenoxy) is 3. The molecule has 1 atom stereocenters. The normalized spacial score (nSPS) is 14.6. The first-order valence-electron chi connectivity index (χ1n) is 24.6. The number of hydrogen-bond donors (Lipinski definition) is 1. The van der Waals surface area contributed by atoms with Crippen molar-refractivity contribution in [3.63, 3.8) is 0 Å². The van der Waals surface area contributed by atoms with E-state index in [0.717, 1.165) is 97.6 Å². The van der Waals surface area contributed by atoms with E-state index in [9.17, 15) is 14.4 Å². The van der Waals surface area contributed by atoms with Crippen molar-refractivity contribution in [2.24, 2.45) is 0 Å². The fraction of sp³-hybridized carbons (Fsp3) is 0.397. The molecule has 1 aliphatic rings. The number of morpholine rings is 1. The highest BCUT2D eigenvalue weighted by molar-refractivity contribution is 7.22. The van der Waals surface area contributed by atoms with Gasteiger partial charge in [0.25, 0.3) is 0 Å². The van der Waals surface area contributed by atoms with E-state index in [-0.39, 0.29) is 23.1 Å². The molecule has 1 aliphatic heterocycles. The Morgan fingerprint density at radius 2 is 1.30 bits per heavy atom. The number of hydrogen-bond acceptors (Lipinski definition) is 9. The van der Waals surface area contributed by atoms with Crippen molar-refractivity contribution >= 4 is 47.4 Å². The summed E-state index contributed by atoms with van der Waals surface area (Å²) in [6.07, 6.45) is 32.3. The van der Waals surface area contributed by atoms with E-state index in [1.807, 2.05) is 66.7 Å². The molecule has 2 heterocycles. The van der Waals surface area contributed by atoms with Gasteiger partial charge in [-0.1, -0.05) is 101 Å². The zero-order chi connectivity index (χ0) is 49.5. The Kier molecular flexibility index (Phi) is 22.2. The van der Waals surface area contributed by atoms with Crippen LogP contribution in [0.2, 0.25) is 18.1 Å². The van der Waals surface area contributed by atoms with Crippen molar-refractivity contribution in [1.29, 1.82) is 0 Å². The van der Waals surface area contributed by atoms with Gasteiger partial charge in [-0.15, -0.1) is 11.3 Å². The molecule has 5 rings (SSSR count). The number of rotatable bonds is 26. The lowest BCUT2D eigenvalue weighted by molar-refractivity contribution is -0.138. The molecule has 0 bridgehead atoms. The highest BCUT2D eigenvalue weighted by Crippen LogP contribution is 2.43. The Balaban J connectivity index is 1.13. The van der Waals surface area contributed by atoms with Crippen LogP contribution in [0, 0.1) is 0 Å². The monoisotopic (exact) mass is 970 g/mol. The van der Waals surface area contributed by atoms with Crippen LogP contribution >= 0.6 is 11.3 Å². The topological polar surface area (TPSA) is 103 Å². The summed E-state index contributed by atoms with van der Waals surface area (Å²) >= 11 is 1.53. The lowest BCUT2D eigenvalue weighted by Crippen LogP contribution is -2.43. The van der Waals surface area contributed by atoms with E-state index in [4.69, 9.17) is 18.6 Å². The number of fused-ring (bicyclic) bond motifs is 1. The van der Waals surface area contributed by atoms with E-state index in [0.29, 0.717) is 35.7 Å². The summed E-state index contributed by atoms with van der Waals surface area (Å²) in [5.41, 5.74) is 1.96. The minimum absolute atomic E-state index is 0.0206. The summed E-state index contributed by atoms with van der Waals surface area (Å²) in [7, 11) is -2.12. The summed E-state index contributed by atoms with van der Waals surface area (Å²) in [4.78, 5) is 43.4. The predicted molar refractivity (Wildman–Crippen MR) is 288 cm³/mol. The highest BCUT2D eigenvalue weighted by atomic mass is 32.1. The van der Waals surface area contributed by atoms with Gasteiger partial charge in [0.15, 0.2) is 5.78 Å². The maximum Gasteiger partial charge on any atom is 0.333 e. The number of thiophene rings is 1.